The normalized spacial score (nSPS) is 12.5. The summed E-state index contributed by atoms with van der Waals surface area (Å²) in [6.07, 6.45) is 0. The van der Waals surface area contributed by atoms with Gasteiger partial charge in [-0.3, -0.25) is 0 Å². The third kappa shape index (κ3) is 6.04. The maximum atomic E-state index is 9.69. The van der Waals surface area contributed by atoms with Crippen molar-refractivity contribution < 1.29 is 9.84 Å². The SMILES string of the molecule is CCNC(=NCc1ccc(OC)c(Br)c1)NCC(CO)c1ccccc1. The second-order valence-corrected chi connectivity index (χ2v) is 6.69. The quantitative estimate of drug-likeness (QED) is 0.453. The number of hydrogen-bond donors (Lipinski definition) is 3. The van der Waals surface area contributed by atoms with E-state index in [9.17, 15) is 5.11 Å². The van der Waals surface area contributed by atoms with Gasteiger partial charge >= 0.3 is 0 Å². The van der Waals surface area contributed by atoms with E-state index in [1.165, 1.54) is 0 Å². The summed E-state index contributed by atoms with van der Waals surface area (Å²) in [6, 6.07) is 15.9. The molecule has 0 aliphatic rings. The van der Waals surface area contributed by atoms with Crippen LogP contribution in [-0.2, 0) is 6.54 Å². The number of benzene rings is 2. The van der Waals surface area contributed by atoms with Crippen molar-refractivity contribution in [2.45, 2.75) is 19.4 Å². The van der Waals surface area contributed by atoms with Gasteiger partial charge in [0, 0.05) is 19.0 Å². The van der Waals surface area contributed by atoms with E-state index in [0.717, 1.165) is 33.9 Å². The number of aliphatic hydroxyl groups excluding tert-OH is 1. The third-order valence-electron chi connectivity index (χ3n) is 3.99. The van der Waals surface area contributed by atoms with Crippen molar-refractivity contribution >= 4 is 21.9 Å². The molecule has 0 saturated carbocycles. The average Bonchev–Trinajstić information content (AvgIpc) is 2.67. The monoisotopic (exact) mass is 419 g/mol. The van der Waals surface area contributed by atoms with E-state index < -0.39 is 0 Å². The Hall–Kier alpha value is -2.05. The van der Waals surface area contributed by atoms with Crippen LogP contribution in [0.25, 0.3) is 0 Å². The number of halogens is 1. The molecule has 140 valence electrons. The second kappa shape index (κ2) is 10.8. The van der Waals surface area contributed by atoms with Crippen LogP contribution in [0, 0.1) is 0 Å². The Kier molecular flexibility index (Phi) is 8.44. The first-order valence-corrected chi connectivity index (χ1v) is 9.47. The third-order valence-corrected chi connectivity index (χ3v) is 4.61. The molecular weight excluding hydrogens is 394 g/mol. The predicted octanol–water partition coefficient (Wildman–Crippen LogP) is 3.29. The fourth-order valence-electron chi connectivity index (χ4n) is 2.55. The summed E-state index contributed by atoms with van der Waals surface area (Å²) in [5.74, 6) is 1.56. The number of nitrogens with zero attached hydrogens (tertiary/aromatic N) is 1. The van der Waals surface area contributed by atoms with Crippen molar-refractivity contribution in [3.8, 4) is 5.75 Å². The van der Waals surface area contributed by atoms with Gasteiger partial charge in [-0.1, -0.05) is 36.4 Å². The van der Waals surface area contributed by atoms with Crippen molar-refractivity contribution in [1.29, 1.82) is 0 Å². The van der Waals surface area contributed by atoms with Gasteiger partial charge in [-0.15, -0.1) is 0 Å². The molecule has 0 radical (unpaired) electrons. The van der Waals surface area contributed by atoms with E-state index in [2.05, 4.69) is 31.6 Å². The molecule has 0 heterocycles. The number of aliphatic imine (C=N–C) groups is 1. The molecule has 3 N–H and O–H groups in total. The van der Waals surface area contributed by atoms with Gasteiger partial charge in [0.05, 0.1) is 24.7 Å². The zero-order valence-corrected chi connectivity index (χ0v) is 16.8. The molecule has 0 aliphatic carbocycles. The van der Waals surface area contributed by atoms with Crippen LogP contribution in [0.3, 0.4) is 0 Å². The van der Waals surface area contributed by atoms with Crippen molar-refractivity contribution in [1.82, 2.24) is 10.6 Å². The molecule has 26 heavy (non-hydrogen) atoms. The van der Waals surface area contributed by atoms with Crippen molar-refractivity contribution in [2.24, 2.45) is 4.99 Å². The summed E-state index contributed by atoms with van der Waals surface area (Å²) in [5, 5.41) is 16.3. The van der Waals surface area contributed by atoms with Gasteiger partial charge in [0.2, 0.25) is 0 Å². The molecule has 0 spiro atoms. The van der Waals surface area contributed by atoms with Gasteiger partial charge in [0.1, 0.15) is 5.75 Å². The van der Waals surface area contributed by atoms with Gasteiger partial charge in [-0.2, -0.15) is 0 Å². The lowest BCUT2D eigenvalue weighted by molar-refractivity contribution is 0.265. The Morgan fingerprint density at radius 2 is 1.96 bits per heavy atom. The van der Waals surface area contributed by atoms with Crippen LogP contribution in [0.4, 0.5) is 0 Å². The number of hydrogen-bond acceptors (Lipinski definition) is 3. The number of guanidine groups is 1. The maximum absolute atomic E-state index is 9.69. The Morgan fingerprint density at radius 1 is 1.19 bits per heavy atom. The fraction of sp³-hybridized carbons (Fsp3) is 0.350. The topological polar surface area (TPSA) is 65.9 Å². The lowest BCUT2D eigenvalue weighted by Gasteiger charge is -2.18. The van der Waals surface area contributed by atoms with Crippen LogP contribution in [0.5, 0.6) is 5.75 Å². The van der Waals surface area contributed by atoms with Gasteiger partial charge < -0.3 is 20.5 Å². The lowest BCUT2D eigenvalue weighted by atomic mass is 10.0. The van der Waals surface area contributed by atoms with Crippen LogP contribution in [0.2, 0.25) is 0 Å². The molecule has 0 saturated heterocycles. The predicted molar refractivity (Wildman–Crippen MR) is 110 cm³/mol. The molecule has 0 aromatic heterocycles. The van der Waals surface area contributed by atoms with Crippen molar-refractivity contribution in [2.75, 3.05) is 26.8 Å². The van der Waals surface area contributed by atoms with Crippen LogP contribution in [-0.4, -0.2) is 37.9 Å². The Bertz CT molecular complexity index is 707. The van der Waals surface area contributed by atoms with E-state index in [-0.39, 0.29) is 12.5 Å². The standard InChI is InChI=1S/C20H26BrN3O2/c1-3-22-20(23-12-15-9-10-19(26-2)18(21)11-15)24-13-17(14-25)16-7-5-4-6-8-16/h4-11,17,25H,3,12-14H2,1-2H3,(H2,22,23,24). The number of ether oxygens (including phenoxy) is 1. The lowest BCUT2D eigenvalue weighted by Crippen LogP contribution is -2.39. The number of aliphatic hydroxyl groups is 1. The Labute approximate surface area is 163 Å². The molecule has 0 fully saturated rings. The first-order valence-electron chi connectivity index (χ1n) is 8.68. The summed E-state index contributed by atoms with van der Waals surface area (Å²) < 4.78 is 6.16. The van der Waals surface area contributed by atoms with Crippen LogP contribution >= 0.6 is 15.9 Å². The van der Waals surface area contributed by atoms with E-state index >= 15 is 0 Å². The molecule has 0 amide bonds. The summed E-state index contributed by atoms with van der Waals surface area (Å²) >= 11 is 3.50. The molecule has 2 aromatic rings. The van der Waals surface area contributed by atoms with Crippen LogP contribution in [0.15, 0.2) is 58.0 Å². The largest absolute Gasteiger partial charge is 0.496 e. The molecule has 6 heteroatoms. The van der Waals surface area contributed by atoms with Crippen molar-refractivity contribution in [3.63, 3.8) is 0 Å². The van der Waals surface area contributed by atoms with E-state index in [1.54, 1.807) is 7.11 Å². The number of nitrogens with one attached hydrogen (secondary N) is 2. The Balaban J connectivity index is 2.00. The van der Waals surface area contributed by atoms with Gasteiger partial charge in [-0.25, -0.2) is 4.99 Å². The summed E-state index contributed by atoms with van der Waals surface area (Å²) in [7, 11) is 1.65. The zero-order chi connectivity index (χ0) is 18.8. The Morgan fingerprint density at radius 3 is 2.58 bits per heavy atom. The second-order valence-electron chi connectivity index (χ2n) is 5.84. The molecule has 0 aliphatic heterocycles. The van der Waals surface area contributed by atoms with Gasteiger partial charge in [-0.05, 0) is 46.1 Å². The van der Waals surface area contributed by atoms with Gasteiger partial charge in [0.25, 0.3) is 0 Å². The summed E-state index contributed by atoms with van der Waals surface area (Å²) in [6.45, 7) is 4.04. The minimum Gasteiger partial charge on any atom is -0.496 e. The van der Waals surface area contributed by atoms with E-state index in [1.807, 2.05) is 55.5 Å². The molecule has 2 rings (SSSR count). The highest BCUT2D eigenvalue weighted by molar-refractivity contribution is 9.10. The first-order chi connectivity index (χ1) is 12.7. The highest BCUT2D eigenvalue weighted by Crippen LogP contribution is 2.25. The molecule has 1 unspecified atom stereocenters. The number of rotatable bonds is 8. The molecular formula is C20H26BrN3O2. The zero-order valence-electron chi connectivity index (χ0n) is 15.2. The highest BCUT2D eigenvalue weighted by atomic mass is 79.9. The van der Waals surface area contributed by atoms with E-state index in [0.29, 0.717) is 13.1 Å². The first kappa shape index (κ1) is 20.3. The summed E-state index contributed by atoms with van der Waals surface area (Å²) in [5.41, 5.74) is 2.19. The average molecular weight is 420 g/mol. The maximum Gasteiger partial charge on any atom is 0.191 e. The minimum absolute atomic E-state index is 0.0233. The highest BCUT2D eigenvalue weighted by Gasteiger charge is 2.11. The molecule has 1 atom stereocenters. The van der Waals surface area contributed by atoms with Gasteiger partial charge in [0.15, 0.2) is 5.96 Å². The number of methoxy groups -OCH3 is 1. The molecule has 5 nitrogen and oxygen atoms in total. The van der Waals surface area contributed by atoms with Crippen LogP contribution < -0.4 is 15.4 Å². The molecule has 0 bridgehead atoms. The van der Waals surface area contributed by atoms with Crippen LogP contribution in [0.1, 0.15) is 24.0 Å². The minimum atomic E-state index is 0.0233. The fourth-order valence-corrected chi connectivity index (χ4v) is 3.14. The smallest absolute Gasteiger partial charge is 0.191 e. The van der Waals surface area contributed by atoms with E-state index in [4.69, 9.17) is 4.74 Å². The molecule has 2 aromatic carbocycles. The van der Waals surface area contributed by atoms with Crippen molar-refractivity contribution in [3.05, 3.63) is 64.1 Å². The summed E-state index contributed by atoms with van der Waals surface area (Å²) in [4.78, 5) is 4.63.